The van der Waals surface area contributed by atoms with Crippen molar-refractivity contribution in [2.24, 2.45) is 0 Å². The Morgan fingerprint density at radius 3 is 2.84 bits per heavy atom. The van der Waals surface area contributed by atoms with Gasteiger partial charge in [0.2, 0.25) is 0 Å². The molecule has 0 saturated carbocycles. The summed E-state index contributed by atoms with van der Waals surface area (Å²) >= 11 is 8.16. The first kappa shape index (κ1) is 14.7. The highest BCUT2D eigenvalue weighted by Crippen LogP contribution is 2.32. The van der Waals surface area contributed by atoms with Crippen LogP contribution in [0.1, 0.15) is 35.3 Å². The minimum absolute atomic E-state index is 0.0880. The van der Waals surface area contributed by atoms with Crippen LogP contribution < -0.4 is 5.32 Å². The number of nitrogens with zero attached hydrogens (tertiary/aromatic N) is 2. The SMILES string of the molecule is CCn1ccc(C(C)NC(=O)c2cc(Br)c(Br)s2)n1. The van der Waals surface area contributed by atoms with Crippen molar-refractivity contribution < 1.29 is 4.79 Å². The van der Waals surface area contributed by atoms with Gasteiger partial charge in [0.25, 0.3) is 5.91 Å². The summed E-state index contributed by atoms with van der Waals surface area (Å²) in [7, 11) is 0. The van der Waals surface area contributed by atoms with Crippen LogP contribution in [0.25, 0.3) is 0 Å². The minimum Gasteiger partial charge on any atom is -0.343 e. The van der Waals surface area contributed by atoms with E-state index in [2.05, 4.69) is 42.3 Å². The van der Waals surface area contributed by atoms with E-state index >= 15 is 0 Å². The predicted molar refractivity (Wildman–Crippen MR) is 83.5 cm³/mol. The van der Waals surface area contributed by atoms with E-state index in [9.17, 15) is 4.79 Å². The topological polar surface area (TPSA) is 46.9 Å². The summed E-state index contributed by atoms with van der Waals surface area (Å²) in [4.78, 5) is 12.8. The standard InChI is InChI=1S/C12H13Br2N3OS/c1-3-17-5-4-9(16-17)7(2)15-12(18)10-6-8(13)11(14)19-10/h4-7H,3H2,1-2H3,(H,15,18). The van der Waals surface area contributed by atoms with Crippen LogP contribution in [0.2, 0.25) is 0 Å². The molecule has 2 heterocycles. The van der Waals surface area contributed by atoms with E-state index in [1.54, 1.807) is 6.07 Å². The van der Waals surface area contributed by atoms with Gasteiger partial charge in [-0.15, -0.1) is 11.3 Å². The molecule has 0 spiro atoms. The lowest BCUT2D eigenvalue weighted by molar-refractivity contribution is 0.0943. The van der Waals surface area contributed by atoms with Gasteiger partial charge in [-0.2, -0.15) is 5.10 Å². The minimum atomic E-state index is -0.111. The molecule has 0 aliphatic carbocycles. The molecule has 1 amide bonds. The van der Waals surface area contributed by atoms with Gasteiger partial charge in [0, 0.05) is 17.2 Å². The van der Waals surface area contributed by atoms with Gasteiger partial charge in [0.05, 0.1) is 20.4 Å². The lowest BCUT2D eigenvalue weighted by Crippen LogP contribution is -2.26. The maximum atomic E-state index is 12.1. The third-order valence-corrected chi connectivity index (χ3v) is 5.90. The molecule has 19 heavy (non-hydrogen) atoms. The Labute approximate surface area is 132 Å². The second-order valence-electron chi connectivity index (χ2n) is 4.02. The number of aromatic nitrogens is 2. The summed E-state index contributed by atoms with van der Waals surface area (Å²) in [5.41, 5.74) is 0.866. The molecule has 1 unspecified atom stereocenters. The Balaban J connectivity index is 2.06. The van der Waals surface area contributed by atoms with Crippen LogP contribution in [0.4, 0.5) is 0 Å². The van der Waals surface area contributed by atoms with Crippen LogP contribution in [-0.2, 0) is 6.54 Å². The van der Waals surface area contributed by atoms with Crippen molar-refractivity contribution in [3.63, 3.8) is 0 Å². The lowest BCUT2D eigenvalue weighted by Gasteiger charge is -2.10. The molecule has 4 nitrogen and oxygen atoms in total. The van der Waals surface area contributed by atoms with Crippen molar-refractivity contribution in [2.45, 2.75) is 26.4 Å². The zero-order valence-corrected chi connectivity index (χ0v) is 14.5. The van der Waals surface area contributed by atoms with Gasteiger partial charge in [0.1, 0.15) is 0 Å². The predicted octanol–water partition coefficient (Wildman–Crippen LogP) is 3.98. The molecule has 0 saturated heterocycles. The number of rotatable bonds is 4. The van der Waals surface area contributed by atoms with Gasteiger partial charge in [-0.3, -0.25) is 9.48 Å². The Kier molecular flexibility index (Phi) is 4.81. The maximum absolute atomic E-state index is 12.1. The van der Waals surface area contributed by atoms with Crippen molar-refractivity contribution >= 4 is 49.1 Å². The molecule has 1 atom stereocenters. The third kappa shape index (κ3) is 3.46. The fourth-order valence-corrected chi connectivity index (χ4v) is 3.52. The van der Waals surface area contributed by atoms with Crippen LogP contribution in [0.3, 0.4) is 0 Å². The summed E-state index contributed by atoms with van der Waals surface area (Å²) < 4.78 is 3.65. The molecule has 7 heteroatoms. The molecule has 2 aromatic rings. The van der Waals surface area contributed by atoms with Gasteiger partial charge < -0.3 is 5.32 Å². The van der Waals surface area contributed by atoms with E-state index in [4.69, 9.17) is 0 Å². The largest absolute Gasteiger partial charge is 0.343 e. The Hall–Kier alpha value is -0.660. The maximum Gasteiger partial charge on any atom is 0.261 e. The van der Waals surface area contributed by atoms with Crippen LogP contribution >= 0.6 is 43.2 Å². The van der Waals surface area contributed by atoms with E-state index in [1.807, 2.05) is 30.8 Å². The number of nitrogens with one attached hydrogen (secondary N) is 1. The number of hydrogen-bond donors (Lipinski definition) is 1. The molecule has 0 aliphatic heterocycles. The average molecular weight is 407 g/mol. The van der Waals surface area contributed by atoms with Gasteiger partial charge in [-0.25, -0.2) is 0 Å². The molecular formula is C12H13Br2N3OS. The average Bonchev–Trinajstić information content (AvgIpc) is 2.97. The summed E-state index contributed by atoms with van der Waals surface area (Å²) in [5.74, 6) is -0.0880. The Morgan fingerprint density at radius 1 is 1.58 bits per heavy atom. The lowest BCUT2D eigenvalue weighted by atomic mass is 10.2. The zero-order chi connectivity index (χ0) is 14.0. The summed E-state index contributed by atoms with van der Waals surface area (Å²) in [5, 5.41) is 7.33. The van der Waals surface area contributed by atoms with Crippen molar-refractivity contribution in [3.05, 3.63) is 37.2 Å². The Bertz CT molecular complexity index is 574. The number of carbonyl (C=O) groups excluding carboxylic acids is 1. The summed E-state index contributed by atoms with van der Waals surface area (Å²) in [6, 6.07) is 3.62. The quantitative estimate of drug-likeness (QED) is 0.834. The molecule has 2 aromatic heterocycles. The van der Waals surface area contributed by atoms with Gasteiger partial charge in [-0.05, 0) is 57.8 Å². The number of aryl methyl sites for hydroxylation is 1. The van der Waals surface area contributed by atoms with Gasteiger partial charge in [0.15, 0.2) is 0 Å². The van der Waals surface area contributed by atoms with E-state index in [1.165, 1.54) is 11.3 Å². The normalized spacial score (nSPS) is 12.4. The third-order valence-electron chi connectivity index (χ3n) is 2.65. The van der Waals surface area contributed by atoms with E-state index in [0.29, 0.717) is 4.88 Å². The molecular weight excluding hydrogens is 394 g/mol. The molecule has 0 radical (unpaired) electrons. The highest BCUT2D eigenvalue weighted by molar-refractivity contribution is 9.13. The monoisotopic (exact) mass is 405 g/mol. The molecule has 1 N–H and O–H groups in total. The molecule has 2 rings (SSSR count). The summed E-state index contributed by atoms with van der Waals surface area (Å²) in [6.45, 7) is 4.78. The first-order valence-corrected chi connectivity index (χ1v) is 8.20. The zero-order valence-electron chi connectivity index (χ0n) is 10.5. The van der Waals surface area contributed by atoms with Crippen molar-refractivity contribution in [1.29, 1.82) is 0 Å². The van der Waals surface area contributed by atoms with Gasteiger partial charge in [-0.1, -0.05) is 0 Å². The van der Waals surface area contributed by atoms with E-state index in [-0.39, 0.29) is 11.9 Å². The van der Waals surface area contributed by atoms with Crippen LogP contribution in [0.5, 0.6) is 0 Å². The first-order chi connectivity index (χ1) is 9.01. The van der Waals surface area contributed by atoms with Gasteiger partial charge >= 0.3 is 0 Å². The fraction of sp³-hybridized carbons (Fsp3) is 0.333. The molecule has 0 bridgehead atoms. The second-order valence-corrected chi connectivity index (χ2v) is 7.25. The highest BCUT2D eigenvalue weighted by Gasteiger charge is 2.16. The number of hydrogen-bond acceptors (Lipinski definition) is 3. The first-order valence-electron chi connectivity index (χ1n) is 5.80. The number of halogens is 2. The molecule has 0 fully saturated rings. The van der Waals surface area contributed by atoms with Crippen LogP contribution in [0.15, 0.2) is 26.6 Å². The number of thiophene rings is 1. The van der Waals surface area contributed by atoms with Crippen molar-refractivity contribution in [1.82, 2.24) is 15.1 Å². The number of carbonyl (C=O) groups is 1. The number of amides is 1. The Morgan fingerprint density at radius 2 is 2.32 bits per heavy atom. The van der Waals surface area contributed by atoms with Crippen molar-refractivity contribution in [2.75, 3.05) is 0 Å². The highest BCUT2D eigenvalue weighted by atomic mass is 79.9. The second kappa shape index (κ2) is 6.19. The molecule has 0 aliphatic rings. The molecule has 102 valence electrons. The van der Waals surface area contributed by atoms with E-state index < -0.39 is 0 Å². The van der Waals surface area contributed by atoms with Crippen molar-refractivity contribution in [3.8, 4) is 0 Å². The van der Waals surface area contributed by atoms with E-state index in [0.717, 1.165) is 20.5 Å². The summed E-state index contributed by atoms with van der Waals surface area (Å²) in [6.07, 6.45) is 1.91. The fourth-order valence-electron chi connectivity index (χ4n) is 1.58. The molecule has 0 aromatic carbocycles. The van der Waals surface area contributed by atoms with Crippen LogP contribution in [0, 0.1) is 0 Å². The van der Waals surface area contributed by atoms with Crippen LogP contribution in [-0.4, -0.2) is 15.7 Å². The smallest absolute Gasteiger partial charge is 0.261 e.